The number of rotatable bonds is 9. The summed E-state index contributed by atoms with van der Waals surface area (Å²) in [6.07, 6.45) is -2.27. The summed E-state index contributed by atoms with van der Waals surface area (Å²) in [5.41, 5.74) is -0.944. The number of alkyl halides is 4. The number of nitriles is 1. The molecule has 0 saturated carbocycles. The molecular weight excluding hydrogens is 547 g/mol. The fraction of sp³-hybridized carbons (Fsp3) is 0.417. The number of nitrogens with one attached hydrogen (secondary N) is 3. The molecule has 0 aliphatic carbocycles. The molecule has 3 rings (SSSR count). The topological polar surface area (TPSA) is 119 Å². The number of thiazole rings is 1. The molecule has 2 amide bonds. The van der Waals surface area contributed by atoms with Crippen LogP contribution in [0.5, 0.6) is 0 Å². The lowest BCUT2D eigenvalue weighted by molar-refractivity contribution is -0.119. The van der Waals surface area contributed by atoms with Gasteiger partial charge in [-0.1, -0.05) is 0 Å². The van der Waals surface area contributed by atoms with Gasteiger partial charge in [0.05, 0.1) is 18.8 Å². The molecule has 210 valence electrons. The van der Waals surface area contributed by atoms with E-state index in [4.69, 9.17) is 0 Å². The fourth-order valence-electron chi connectivity index (χ4n) is 3.74. The van der Waals surface area contributed by atoms with Gasteiger partial charge in [0.15, 0.2) is 5.57 Å². The summed E-state index contributed by atoms with van der Waals surface area (Å²) in [7, 11) is 0. The van der Waals surface area contributed by atoms with E-state index in [9.17, 15) is 41.6 Å². The lowest BCUT2D eigenvalue weighted by Crippen LogP contribution is -2.43. The van der Waals surface area contributed by atoms with Gasteiger partial charge in [0.1, 0.15) is 21.1 Å². The summed E-state index contributed by atoms with van der Waals surface area (Å²) in [5, 5.41) is 16.6. The molecule has 0 spiro atoms. The van der Waals surface area contributed by atoms with Crippen molar-refractivity contribution in [3.8, 4) is 6.07 Å². The highest BCUT2D eigenvalue weighted by molar-refractivity contribution is 7.07. The highest BCUT2D eigenvalue weighted by Gasteiger charge is 2.34. The van der Waals surface area contributed by atoms with E-state index in [2.05, 4.69) is 10.6 Å². The molecule has 0 bridgehead atoms. The van der Waals surface area contributed by atoms with Crippen LogP contribution in [-0.4, -0.2) is 59.8 Å². The number of carbonyl (C=O) groups is 2. The molecule has 0 radical (unpaired) electrons. The van der Waals surface area contributed by atoms with Crippen molar-refractivity contribution in [2.24, 2.45) is 0 Å². The number of anilines is 2. The maximum absolute atomic E-state index is 14.3. The Labute approximate surface area is 223 Å². The average molecular weight is 573 g/mol. The monoisotopic (exact) mass is 572 g/mol. The number of hydrogen-bond acceptors (Lipinski definition) is 7. The summed E-state index contributed by atoms with van der Waals surface area (Å²) in [4.78, 5) is 38.9. The Kier molecular flexibility index (Phi) is 9.81. The zero-order valence-corrected chi connectivity index (χ0v) is 21.5. The Morgan fingerprint density at radius 3 is 2.56 bits per heavy atom. The molecule has 15 heteroatoms. The van der Waals surface area contributed by atoms with Crippen LogP contribution in [0.25, 0.3) is 11.8 Å². The number of amides is 2. The maximum atomic E-state index is 14.3. The van der Waals surface area contributed by atoms with E-state index < -0.39 is 47.7 Å². The minimum Gasteiger partial charge on any atom is -0.360 e. The van der Waals surface area contributed by atoms with E-state index in [1.54, 1.807) is 17.9 Å². The molecule has 1 aromatic heterocycles. The second kappa shape index (κ2) is 12.9. The quantitative estimate of drug-likeness (QED) is 0.394. The molecular formula is C24H25F5N6O3S. The SMILES string of the molecule is CCn1c(=O)/c(=C\Nc2ccc(F)c(NC(=O)CN3CCC(F)(F)CC3)c2)s/c1=C(/C#N)C(=O)NCC(F)F. The van der Waals surface area contributed by atoms with Crippen LogP contribution in [-0.2, 0) is 16.1 Å². The predicted octanol–water partition coefficient (Wildman–Crippen LogP) is 1.64. The van der Waals surface area contributed by atoms with Gasteiger partial charge < -0.3 is 16.0 Å². The second-order valence-corrected chi connectivity index (χ2v) is 9.60. The average Bonchev–Trinajstić information content (AvgIpc) is 3.19. The Balaban J connectivity index is 1.80. The number of carbonyl (C=O) groups excluding carboxylic acids is 2. The molecule has 39 heavy (non-hydrogen) atoms. The Morgan fingerprint density at radius 1 is 1.26 bits per heavy atom. The third-order valence-electron chi connectivity index (χ3n) is 5.76. The van der Waals surface area contributed by atoms with Crippen LogP contribution in [0.15, 0.2) is 23.0 Å². The van der Waals surface area contributed by atoms with Gasteiger partial charge in [-0.15, -0.1) is 11.3 Å². The van der Waals surface area contributed by atoms with Gasteiger partial charge in [0.25, 0.3) is 23.8 Å². The van der Waals surface area contributed by atoms with Crippen LogP contribution in [0.2, 0.25) is 0 Å². The molecule has 2 heterocycles. The second-order valence-electron chi connectivity index (χ2n) is 8.57. The Morgan fingerprint density at radius 2 is 1.95 bits per heavy atom. The Bertz CT molecular complexity index is 1440. The van der Waals surface area contributed by atoms with Crippen molar-refractivity contribution >= 4 is 46.3 Å². The van der Waals surface area contributed by atoms with E-state index >= 15 is 0 Å². The highest BCUT2D eigenvalue weighted by Crippen LogP contribution is 2.27. The molecule has 1 fully saturated rings. The summed E-state index contributed by atoms with van der Waals surface area (Å²) >= 11 is 0.784. The van der Waals surface area contributed by atoms with Gasteiger partial charge in [-0.3, -0.25) is 23.9 Å². The summed E-state index contributed by atoms with van der Waals surface area (Å²) in [5.74, 6) is -5.13. The predicted molar refractivity (Wildman–Crippen MR) is 135 cm³/mol. The zero-order chi connectivity index (χ0) is 28.7. The van der Waals surface area contributed by atoms with E-state index in [-0.39, 0.29) is 59.6 Å². The van der Waals surface area contributed by atoms with E-state index in [1.165, 1.54) is 18.3 Å². The van der Waals surface area contributed by atoms with Gasteiger partial charge in [0, 0.05) is 44.4 Å². The largest absolute Gasteiger partial charge is 0.360 e. The third-order valence-corrected chi connectivity index (χ3v) is 6.89. The Hall–Kier alpha value is -3.77. The van der Waals surface area contributed by atoms with Gasteiger partial charge >= 0.3 is 0 Å². The van der Waals surface area contributed by atoms with Crippen LogP contribution in [0.4, 0.5) is 33.3 Å². The van der Waals surface area contributed by atoms with Crippen LogP contribution in [0.1, 0.15) is 19.8 Å². The van der Waals surface area contributed by atoms with Gasteiger partial charge in [-0.2, -0.15) is 5.26 Å². The van der Waals surface area contributed by atoms with Crippen molar-refractivity contribution < 1.29 is 31.5 Å². The van der Waals surface area contributed by atoms with Crippen molar-refractivity contribution in [2.75, 3.05) is 36.8 Å². The van der Waals surface area contributed by atoms with Gasteiger partial charge in [-0.05, 0) is 25.1 Å². The number of benzene rings is 1. The first-order valence-corrected chi connectivity index (χ1v) is 12.6. The molecule has 3 N–H and O–H groups in total. The minimum atomic E-state index is -2.82. The zero-order valence-electron chi connectivity index (χ0n) is 20.7. The lowest BCUT2D eigenvalue weighted by Gasteiger charge is -2.31. The summed E-state index contributed by atoms with van der Waals surface area (Å²) in [6.45, 7) is 0.630. The fourth-order valence-corrected chi connectivity index (χ4v) is 4.82. The van der Waals surface area contributed by atoms with Crippen LogP contribution in [0, 0.1) is 17.1 Å². The van der Waals surface area contributed by atoms with E-state index in [0.29, 0.717) is 0 Å². The molecule has 1 saturated heterocycles. The van der Waals surface area contributed by atoms with Crippen LogP contribution in [0.3, 0.4) is 0 Å². The molecule has 1 aliphatic rings. The van der Waals surface area contributed by atoms with Gasteiger partial charge in [-0.25, -0.2) is 22.0 Å². The minimum absolute atomic E-state index is 0.0210. The maximum Gasteiger partial charge on any atom is 0.270 e. The number of halogens is 5. The first kappa shape index (κ1) is 29.8. The molecule has 0 unspecified atom stereocenters. The van der Waals surface area contributed by atoms with Gasteiger partial charge in [0.2, 0.25) is 5.91 Å². The number of hydrogen-bond donors (Lipinski definition) is 3. The smallest absolute Gasteiger partial charge is 0.270 e. The summed E-state index contributed by atoms with van der Waals surface area (Å²) < 4.78 is 67.0. The number of likely N-dealkylation sites (tertiary alicyclic amines) is 1. The van der Waals surface area contributed by atoms with E-state index in [0.717, 1.165) is 22.0 Å². The van der Waals surface area contributed by atoms with Crippen molar-refractivity contribution in [1.29, 1.82) is 5.26 Å². The lowest BCUT2D eigenvalue weighted by atomic mass is 10.1. The first-order chi connectivity index (χ1) is 18.4. The number of nitrogens with zero attached hydrogens (tertiary/aromatic N) is 3. The third kappa shape index (κ3) is 7.87. The summed E-state index contributed by atoms with van der Waals surface area (Å²) in [6, 6.07) is 5.33. The van der Waals surface area contributed by atoms with Crippen LogP contribution < -0.4 is 30.7 Å². The van der Waals surface area contributed by atoms with Crippen molar-refractivity contribution in [3.63, 3.8) is 0 Å². The van der Waals surface area contributed by atoms with Crippen molar-refractivity contribution in [1.82, 2.24) is 14.8 Å². The standard InChI is InChI=1S/C24H25F5N6O3S/c1-2-35-22(38)18(39-23(35)15(10-30)21(37)32-12-19(26)27)11-31-14-3-4-16(25)17(9-14)33-20(36)13-34-7-5-24(28,29)6-8-34/h3-4,9,11,19,31H,2,5-8,12-13H2,1H3,(H,32,37)(H,33,36)/b18-11+,23-15-. The van der Waals surface area contributed by atoms with Crippen LogP contribution >= 0.6 is 11.3 Å². The van der Waals surface area contributed by atoms with Crippen molar-refractivity contribution in [2.45, 2.75) is 38.7 Å². The molecule has 2 aromatic rings. The number of aromatic nitrogens is 1. The molecule has 9 nitrogen and oxygen atoms in total. The van der Waals surface area contributed by atoms with Crippen molar-refractivity contribution in [3.05, 3.63) is 43.6 Å². The molecule has 1 aromatic carbocycles. The molecule has 0 atom stereocenters. The normalized spacial score (nSPS) is 16.5. The van der Waals surface area contributed by atoms with E-state index in [1.807, 2.05) is 5.32 Å². The molecule has 1 aliphatic heterocycles. The highest BCUT2D eigenvalue weighted by atomic mass is 32.1. The number of piperidine rings is 1. The first-order valence-electron chi connectivity index (χ1n) is 11.8.